The lowest BCUT2D eigenvalue weighted by Crippen LogP contribution is -2.23. The Morgan fingerprint density at radius 1 is 1.06 bits per heavy atom. The van der Waals surface area contributed by atoms with Crippen LogP contribution in [0, 0.1) is 0 Å². The molecule has 8 nitrogen and oxygen atoms in total. The van der Waals surface area contributed by atoms with E-state index in [1.54, 1.807) is 59.4 Å². The molecule has 34 heavy (non-hydrogen) atoms. The number of aromatic nitrogens is 2. The van der Waals surface area contributed by atoms with Crippen molar-refractivity contribution in [3.8, 4) is 0 Å². The van der Waals surface area contributed by atoms with Gasteiger partial charge in [0.05, 0.1) is 23.7 Å². The molecule has 0 saturated carbocycles. The molecule has 5 rings (SSSR count). The van der Waals surface area contributed by atoms with Crippen molar-refractivity contribution in [2.45, 2.75) is 24.4 Å². The number of amides is 1. The molecule has 0 spiro atoms. The lowest BCUT2D eigenvalue weighted by Gasteiger charge is -2.13. The van der Waals surface area contributed by atoms with Gasteiger partial charge in [-0.15, -0.1) is 0 Å². The van der Waals surface area contributed by atoms with Crippen LogP contribution in [0.1, 0.15) is 18.2 Å². The molecule has 0 fully saturated rings. The summed E-state index contributed by atoms with van der Waals surface area (Å²) in [6.45, 7) is 1.65. The highest BCUT2D eigenvalue weighted by molar-refractivity contribution is 7.98. The van der Waals surface area contributed by atoms with Crippen LogP contribution in [0.4, 0.5) is 5.69 Å². The fourth-order valence-corrected chi connectivity index (χ4v) is 4.72. The third kappa shape index (κ3) is 4.38. The van der Waals surface area contributed by atoms with Crippen LogP contribution in [0.5, 0.6) is 0 Å². The zero-order valence-corrected chi connectivity index (χ0v) is 18.9. The molecule has 0 aliphatic carbocycles. The third-order valence-corrected chi connectivity index (χ3v) is 6.25. The van der Waals surface area contributed by atoms with E-state index in [1.165, 1.54) is 24.8 Å². The molecule has 170 valence electrons. The minimum atomic E-state index is -0.498. The highest BCUT2D eigenvalue weighted by Gasteiger charge is 2.15. The first-order valence-corrected chi connectivity index (χ1v) is 11.5. The molecule has 1 amide bonds. The van der Waals surface area contributed by atoms with Crippen molar-refractivity contribution in [3.63, 3.8) is 0 Å². The first kappa shape index (κ1) is 21.7. The van der Waals surface area contributed by atoms with E-state index in [4.69, 9.17) is 13.8 Å². The minimum absolute atomic E-state index is 0.165. The summed E-state index contributed by atoms with van der Waals surface area (Å²) in [5, 5.41) is 4.45. The van der Waals surface area contributed by atoms with E-state index in [0.717, 1.165) is 10.9 Å². The SMILES string of the molecule is CC(=O)Nc1ccc2c(CSc3nc4ccccc4c(=O)n3Cc3ccco3)cc(=O)oc2c1. The lowest BCUT2D eigenvalue weighted by atomic mass is 10.1. The molecule has 0 saturated heterocycles. The zero-order valence-electron chi connectivity index (χ0n) is 18.1. The number of nitrogens with one attached hydrogen (secondary N) is 1. The quantitative estimate of drug-likeness (QED) is 0.221. The van der Waals surface area contributed by atoms with Crippen LogP contribution in [0.2, 0.25) is 0 Å². The maximum absolute atomic E-state index is 13.2. The second-order valence-electron chi connectivity index (χ2n) is 7.65. The van der Waals surface area contributed by atoms with E-state index >= 15 is 0 Å². The Morgan fingerprint density at radius 3 is 2.71 bits per heavy atom. The van der Waals surface area contributed by atoms with Gasteiger partial charge in [0, 0.05) is 35.9 Å². The molecule has 1 N–H and O–H groups in total. The minimum Gasteiger partial charge on any atom is -0.467 e. The van der Waals surface area contributed by atoms with Gasteiger partial charge in [0.2, 0.25) is 5.91 Å². The van der Waals surface area contributed by atoms with Gasteiger partial charge in [0.15, 0.2) is 5.16 Å². The summed E-state index contributed by atoms with van der Waals surface area (Å²) >= 11 is 1.35. The Labute approximate surface area is 197 Å². The normalized spacial score (nSPS) is 11.2. The van der Waals surface area contributed by atoms with Crippen molar-refractivity contribution < 1.29 is 13.6 Å². The van der Waals surface area contributed by atoms with E-state index in [-0.39, 0.29) is 18.0 Å². The molecule has 3 aromatic heterocycles. The number of benzene rings is 2. The first-order valence-electron chi connectivity index (χ1n) is 10.5. The van der Waals surface area contributed by atoms with Crippen LogP contribution in [0.15, 0.2) is 90.5 Å². The van der Waals surface area contributed by atoms with Crippen LogP contribution in [0.25, 0.3) is 21.9 Å². The predicted molar refractivity (Wildman–Crippen MR) is 130 cm³/mol. The molecule has 5 aromatic rings. The largest absolute Gasteiger partial charge is 0.467 e. The summed E-state index contributed by atoms with van der Waals surface area (Å²) in [6.07, 6.45) is 1.56. The van der Waals surface area contributed by atoms with E-state index < -0.39 is 5.63 Å². The topological polar surface area (TPSA) is 107 Å². The summed E-state index contributed by atoms with van der Waals surface area (Å²) in [6, 6.07) is 17.4. The molecule has 2 aromatic carbocycles. The molecule has 0 aliphatic rings. The van der Waals surface area contributed by atoms with Gasteiger partial charge in [-0.1, -0.05) is 23.9 Å². The Bertz CT molecular complexity index is 1640. The number of carbonyl (C=O) groups is 1. The van der Waals surface area contributed by atoms with E-state index in [9.17, 15) is 14.4 Å². The number of hydrogen-bond donors (Lipinski definition) is 1. The highest BCUT2D eigenvalue weighted by Crippen LogP contribution is 2.28. The van der Waals surface area contributed by atoms with Gasteiger partial charge in [-0.2, -0.15) is 0 Å². The Kier molecular flexibility index (Phi) is 5.77. The summed E-state index contributed by atoms with van der Waals surface area (Å²) in [5.41, 5.74) is 1.58. The van der Waals surface area contributed by atoms with E-state index in [2.05, 4.69) is 5.32 Å². The predicted octanol–water partition coefficient (Wildman–Crippen LogP) is 4.39. The number of hydrogen-bond acceptors (Lipinski definition) is 7. The van der Waals surface area contributed by atoms with Gasteiger partial charge in [-0.05, 0) is 42.0 Å². The van der Waals surface area contributed by atoms with Crippen LogP contribution in [-0.4, -0.2) is 15.5 Å². The summed E-state index contributed by atoms with van der Waals surface area (Å²) < 4.78 is 12.4. The summed E-state index contributed by atoms with van der Waals surface area (Å²) in [5.74, 6) is 0.799. The maximum Gasteiger partial charge on any atom is 0.336 e. The standard InChI is InChI=1S/C25H19N3O5S/c1-15(29)26-17-8-9-19-16(11-23(30)33-22(19)12-17)14-34-25-27-21-7-3-2-6-20(21)24(31)28(25)13-18-5-4-10-32-18/h2-12H,13-14H2,1H3,(H,26,29). The van der Waals surface area contributed by atoms with Crippen LogP contribution in [0.3, 0.4) is 0 Å². The van der Waals surface area contributed by atoms with Gasteiger partial charge >= 0.3 is 5.63 Å². The number of rotatable bonds is 6. The average Bonchev–Trinajstić information content (AvgIpc) is 3.32. The molecular formula is C25H19N3O5S. The maximum atomic E-state index is 13.2. The van der Waals surface area contributed by atoms with Crippen molar-refractivity contribution >= 4 is 45.2 Å². The number of nitrogens with zero attached hydrogens (tertiary/aromatic N) is 2. The molecule has 0 aliphatic heterocycles. The zero-order chi connectivity index (χ0) is 23.7. The molecule has 0 radical (unpaired) electrons. The number of para-hydroxylation sites is 1. The second kappa shape index (κ2) is 9.03. The number of thioether (sulfide) groups is 1. The van der Waals surface area contributed by atoms with Crippen LogP contribution < -0.4 is 16.5 Å². The Hall–Kier alpha value is -4.11. The van der Waals surface area contributed by atoms with Gasteiger partial charge in [-0.25, -0.2) is 9.78 Å². The van der Waals surface area contributed by atoms with Crippen molar-refractivity contribution in [2.75, 3.05) is 5.32 Å². The Morgan fingerprint density at radius 2 is 1.91 bits per heavy atom. The molecule has 9 heteroatoms. The van der Waals surface area contributed by atoms with Crippen LogP contribution in [-0.2, 0) is 17.1 Å². The molecular weight excluding hydrogens is 454 g/mol. The first-order chi connectivity index (χ1) is 16.5. The third-order valence-electron chi connectivity index (χ3n) is 5.23. The second-order valence-corrected chi connectivity index (χ2v) is 8.60. The van der Waals surface area contributed by atoms with Crippen molar-refractivity contribution in [2.24, 2.45) is 0 Å². The van der Waals surface area contributed by atoms with Crippen molar-refractivity contribution in [1.82, 2.24) is 9.55 Å². The van der Waals surface area contributed by atoms with Gasteiger partial charge in [0.25, 0.3) is 5.56 Å². The molecule has 0 bridgehead atoms. The lowest BCUT2D eigenvalue weighted by molar-refractivity contribution is -0.114. The number of fused-ring (bicyclic) bond motifs is 2. The average molecular weight is 474 g/mol. The van der Waals surface area contributed by atoms with Crippen molar-refractivity contribution in [3.05, 3.63) is 99.0 Å². The Balaban J connectivity index is 1.54. The smallest absolute Gasteiger partial charge is 0.336 e. The fourth-order valence-electron chi connectivity index (χ4n) is 3.73. The van der Waals surface area contributed by atoms with E-state index in [1.807, 2.05) is 6.07 Å². The monoisotopic (exact) mass is 473 g/mol. The van der Waals surface area contributed by atoms with Gasteiger partial charge in [-0.3, -0.25) is 14.2 Å². The summed E-state index contributed by atoms with van der Waals surface area (Å²) in [4.78, 5) is 41.5. The van der Waals surface area contributed by atoms with Crippen LogP contribution >= 0.6 is 11.8 Å². The summed E-state index contributed by atoms with van der Waals surface area (Å²) in [7, 11) is 0. The van der Waals surface area contributed by atoms with Crippen molar-refractivity contribution in [1.29, 1.82) is 0 Å². The van der Waals surface area contributed by atoms with Gasteiger partial charge < -0.3 is 14.2 Å². The number of anilines is 1. The molecule has 3 heterocycles. The highest BCUT2D eigenvalue weighted by atomic mass is 32.2. The van der Waals surface area contributed by atoms with E-state index in [0.29, 0.717) is 38.8 Å². The number of furan rings is 1. The van der Waals surface area contributed by atoms with Gasteiger partial charge in [0.1, 0.15) is 11.3 Å². The number of carbonyl (C=O) groups excluding carboxylic acids is 1. The fraction of sp³-hybridized carbons (Fsp3) is 0.120. The molecule has 0 atom stereocenters. The molecule has 0 unspecified atom stereocenters.